The molecule has 1 amide bonds. The summed E-state index contributed by atoms with van der Waals surface area (Å²) >= 11 is 4.72. The second-order valence-corrected chi connectivity index (χ2v) is 7.59. The number of carbonyl (C=O) groups is 2. The van der Waals surface area contributed by atoms with Gasteiger partial charge in [0, 0.05) is 21.5 Å². The van der Waals surface area contributed by atoms with Crippen LogP contribution < -0.4 is 10.1 Å². The number of ether oxygens (including phenoxy) is 2. The Morgan fingerprint density at radius 2 is 2.03 bits per heavy atom. The lowest BCUT2D eigenvalue weighted by molar-refractivity contribution is -0.142. The SMILES string of the molecule is COc1cccc(C=CC(=O)OCC(=O)Nc2nc(-c3cccc(Br)c3)cs2)c1. The van der Waals surface area contributed by atoms with Crippen LogP contribution in [0.15, 0.2) is 64.5 Å². The number of hydrogen-bond acceptors (Lipinski definition) is 6. The molecule has 1 aromatic heterocycles. The Balaban J connectivity index is 1.49. The van der Waals surface area contributed by atoms with Gasteiger partial charge < -0.3 is 9.47 Å². The first-order chi connectivity index (χ1) is 14.0. The van der Waals surface area contributed by atoms with E-state index in [-0.39, 0.29) is 0 Å². The van der Waals surface area contributed by atoms with E-state index in [0.29, 0.717) is 10.9 Å². The molecule has 29 heavy (non-hydrogen) atoms. The molecular weight excluding hydrogens is 456 g/mol. The Labute approximate surface area is 180 Å². The minimum atomic E-state index is -0.614. The summed E-state index contributed by atoms with van der Waals surface area (Å²) in [5.41, 5.74) is 2.48. The summed E-state index contributed by atoms with van der Waals surface area (Å²) in [4.78, 5) is 28.2. The van der Waals surface area contributed by atoms with Crippen LogP contribution >= 0.6 is 27.3 Å². The Morgan fingerprint density at radius 1 is 1.21 bits per heavy atom. The van der Waals surface area contributed by atoms with Crippen molar-refractivity contribution in [3.8, 4) is 17.0 Å². The summed E-state index contributed by atoms with van der Waals surface area (Å²) < 4.78 is 11.0. The van der Waals surface area contributed by atoms with E-state index in [0.717, 1.165) is 21.3 Å². The number of nitrogens with one attached hydrogen (secondary N) is 1. The van der Waals surface area contributed by atoms with E-state index >= 15 is 0 Å². The highest BCUT2D eigenvalue weighted by Gasteiger charge is 2.10. The molecule has 0 aliphatic rings. The minimum Gasteiger partial charge on any atom is -0.497 e. The van der Waals surface area contributed by atoms with Gasteiger partial charge in [-0.05, 0) is 35.9 Å². The fraction of sp³-hybridized carbons (Fsp3) is 0.0952. The summed E-state index contributed by atoms with van der Waals surface area (Å²) in [6.07, 6.45) is 2.85. The number of thiazole rings is 1. The smallest absolute Gasteiger partial charge is 0.331 e. The minimum absolute atomic E-state index is 0.396. The molecule has 0 unspecified atom stereocenters. The second kappa shape index (κ2) is 9.99. The van der Waals surface area contributed by atoms with Crippen molar-refractivity contribution in [2.24, 2.45) is 0 Å². The number of amides is 1. The Bertz CT molecular complexity index is 1050. The molecule has 2 aromatic carbocycles. The van der Waals surface area contributed by atoms with Gasteiger partial charge in [0.2, 0.25) is 0 Å². The number of halogens is 1. The van der Waals surface area contributed by atoms with Crippen molar-refractivity contribution < 1.29 is 19.1 Å². The van der Waals surface area contributed by atoms with E-state index in [4.69, 9.17) is 9.47 Å². The second-order valence-electron chi connectivity index (χ2n) is 5.81. The molecule has 0 spiro atoms. The molecule has 0 saturated heterocycles. The van der Waals surface area contributed by atoms with E-state index in [1.54, 1.807) is 25.3 Å². The number of hydrogen-bond donors (Lipinski definition) is 1. The van der Waals surface area contributed by atoms with Crippen LogP contribution in [-0.2, 0) is 14.3 Å². The molecule has 0 fully saturated rings. The number of benzene rings is 2. The van der Waals surface area contributed by atoms with E-state index in [9.17, 15) is 9.59 Å². The van der Waals surface area contributed by atoms with Crippen LogP contribution in [0.25, 0.3) is 17.3 Å². The molecule has 3 rings (SSSR count). The van der Waals surface area contributed by atoms with Gasteiger partial charge in [0.15, 0.2) is 11.7 Å². The highest BCUT2D eigenvalue weighted by atomic mass is 79.9. The van der Waals surface area contributed by atoms with Crippen molar-refractivity contribution in [1.82, 2.24) is 4.98 Å². The zero-order valence-electron chi connectivity index (χ0n) is 15.4. The number of anilines is 1. The summed E-state index contributed by atoms with van der Waals surface area (Å²) in [5.74, 6) is -0.384. The predicted molar refractivity (Wildman–Crippen MR) is 117 cm³/mol. The van der Waals surface area contributed by atoms with Gasteiger partial charge in [-0.15, -0.1) is 11.3 Å². The highest BCUT2D eigenvalue weighted by molar-refractivity contribution is 9.10. The van der Waals surface area contributed by atoms with Gasteiger partial charge in [-0.1, -0.05) is 40.2 Å². The lowest BCUT2D eigenvalue weighted by Gasteiger charge is -2.03. The van der Waals surface area contributed by atoms with Crippen molar-refractivity contribution in [1.29, 1.82) is 0 Å². The molecule has 3 aromatic rings. The normalized spacial score (nSPS) is 10.7. The van der Waals surface area contributed by atoms with Crippen molar-refractivity contribution in [2.45, 2.75) is 0 Å². The zero-order chi connectivity index (χ0) is 20.6. The van der Waals surface area contributed by atoms with Crippen molar-refractivity contribution in [3.05, 3.63) is 70.0 Å². The molecule has 0 atom stereocenters. The summed E-state index contributed by atoms with van der Waals surface area (Å²) in [7, 11) is 1.57. The number of nitrogens with zero attached hydrogens (tertiary/aromatic N) is 1. The molecule has 6 nitrogen and oxygen atoms in total. The van der Waals surface area contributed by atoms with Gasteiger partial charge in [-0.2, -0.15) is 0 Å². The van der Waals surface area contributed by atoms with Crippen molar-refractivity contribution >= 4 is 50.4 Å². The first kappa shape index (κ1) is 20.8. The van der Waals surface area contributed by atoms with Gasteiger partial charge in [-0.3, -0.25) is 10.1 Å². The lowest BCUT2D eigenvalue weighted by Crippen LogP contribution is -2.20. The third-order valence-electron chi connectivity index (χ3n) is 3.72. The maximum Gasteiger partial charge on any atom is 0.331 e. The maximum absolute atomic E-state index is 12.0. The number of esters is 1. The van der Waals surface area contributed by atoms with Gasteiger partial charge in [0.05, 0.1) is 12.8 Å². The average Bonchev–Trinajstić information content (AvgIpc) is 3.19. The fourth-order valence-electron chi connectivity index (χ4n) is 2.36. The van der Waals surface area contributed by atoms with E-state index in [1.807, 2.05) is 41.8 Å². The largest absolute Gasteiger partial charge is 0.497 e. The highest BCUT2D eigenvalue weighted by Crippen LogP contribution is 2.26. The van der Waals surface area contributed by atoms with Gasteiger partial charge >= 0.3 is 5.97 Å². The van der Waals surface area contributed by atoms with E-state index < -0.39 is 18.5 Å². The molecule has 0 saturated carbocycles. The maximum atomic E-state index is 12.0. The average molecular weight is 473 g/mol. The first-order valence-corrected chi connectivity index (χ1v) is 10.2. The van der Waals surface area contributed by atoms with E-state index in [2.05, 4.69) is 26.2 Å². The molecule has 0 bridgehead atoms. The van der Waals surface area contributed by atoms with Crippen LogP contribution in [0.4, 0.5) is 5.13 Å². The standard InChI is InChI=1S/C21H17BrN2O4S/c1-27-17-7-2-4-14(10-17)8-9-20(26)28-12-19(25)24-21-23-18(13-29-21)15-5-3-6-16(22)11-15/h2-11,13H,12H2,1H3,(H,23,24,25). The number of rotatable bonds is 7. The van der Waals surface area contributed by atoms with Gasteiger partial charge in [-0.25, -0.2) is 9.78 Å². The van der Waals surface area contributed by atoms with Crippen LogP contribution in [0.2, 0.25) is 0 Å². The molecule has 0 aliphatic carbocycles. The van der Waals surface area contributed by atoms with Gasteiger partial charge in [0.1, 0.15) is 5.75 Å². The molecule has 148 valence electrons. The molecule has 1 heterocycles. The third-order valence-corrected chi connectivity index (χ3v) is 4.97. The van der Waals surface area contributed by atoms with E-state index in [1.165, 1.54) is 17.4 Å². The molecule has 1 N–H and O–H groups in total. The van der Waals surface area contributed by atoms with Crippen LogP contribution in [0.3, 0.4) is 0 Å². The first-order valence-electron chi connectivity index (χ1n) is 8.54. The molecule has 0 radical (unpaired) electrons. The zero-order valence-corrected chi connectivity index (χ0v) is 17.8. The van der Waals surface area contributed by atoms with Gasteiger partial charge in [0.25, 0.3) is 5.91 Å². The lowest BCUT2D eigenvalue weighted by atomic mass is 10.2. The Morgan fingerprint density at radius 3 is 2.83 bits per heavy atom. The summed E-state index contributed by atoms with van der Waals surface area (Å²) in [6, 6.07) is 14.9. The Kier molecular flexibility index (Phi) is 7.15. The fourth-order valence-corrected chi connectivity index (χ4v) is 3.50. The van der Waals surface area contributed by atoms with Crippen LogP contribution in [0, 0.1) is 0 Å². The van der Waals surface area contributed by atoms with Crippen molar-refractivity contribution in [2.75, 3.05) is 19.0 Å². The predicted octanol–water partition coefficient (Wildman–Crippen LogP) is 4.78. The summed E-state index contributed by atoms with van der Waals surface area (Å²) in [6.45, 7) is -0.396. The van der Waals surface area contributed by atoms with Crippen molar-refractivity contribution in [3.63, 3.8) is 0 Å². The molecule has 8 heteroatoms. The molecule has 0 aliphatic heterocycles. The molecular formula is C21H17BrN2O4S. The summed E-state index contributed by atoms with van der Waals surface area (Å²) in [5, 5.41) is 4.92. The van der Waals surface area contributed by atoms with Crippen LogP contribution in [0.1, 0.15) is 5.56 Å². The quantitative estimate of drug-likeness (QED) is 0.395. The number of carbonyl (C=O) groups excluding carboxylic acids is 2. The van der Waals surface area contributed by atoms with Crippen LogP contribution in [-0.4, -0.2) is 30.6 Å². The number of methoxy groups -OCH3 is 1. The third kappa shape index (κ3) is 6.27. The number of aromatic nitrogens is 1. The monoisotopic (exact) mass is 472 g/mol. The Hall–Kier alpha value is -2.97. The topological polar surface area (TPSA) is 77.5 Å². The van der Waals surface area contributed by atoms with Crippen LogP contribution in [0.5, 0.6) is 5.75 Å².